The van der Waals surface area contributed by atoms with Gasteiger partial charge in [-0.3, -0.25) is 0 Å². The third kappa shape index (κ3) is 1.88. The van der Waals surface area contributed by atoms with Crippen molar-refractivity contribution in [1.82, 2.24) is 4.98 Å². The quantitative estimate of drug-likeness (QED) is 0.606. The number of nitrogens with one attached hydrogen (secondary N) is 1. The second-order valence-electron chi connectivity index (χ2n) is 3.13. The largest absolute Gasteiger partial charge is 0.361 e. The Morgan fingerprint density at radius 3 is 2.33 bits per heavy atom. The highest BCUT2D eigenvalue weighted by molar-refractivity contribution is 5.78. The van der Waals surface area contributed by atoms with Crippen molar-refractivity contribution in [3.05, 3.63) is 36.5 Å². The van der Waals surface area contributed by atoms with Crippen molar-refractivity contribution in [3.63, 3.8) is 0 Å². The average molecular weight is 159 g/mol. The van der Waals surface area contributed by atoms with Gasteiger partial charge in [0, 0.05) is 11.7 Å². The molecule has 0 radical (unpaired) electrons. The maximum atomic E-state index is 3.12. The molecule has 62 valence electrons. The first kappa shape index (κ1) is 7.41. The first-order chi connectivity index (χ1) is 5.97. The molecule has 1 aromatic carbocycles. The van der Waals surface area contributed by atoms with Crippen molar-refractivity contribution in [1.29, 1.82) is 0 Å². The number of H-pyrrole nitrogens is 1. The molecule has 1 fully saturated rings. The predicted molar refractivity (Wildman–Crippen MR) is 52.1 cm³/mol. The lowest BCUT2D eigenvalue weighted by Crippen LogP contribution is -1.61. The average Bonchev–Trinajstić information content (AvgIpc) is 2.91. The molecule has 0 saturated heterocycles. The molecule has 0 bridgehead atoms. The van der Waals surface area contributed by atoms with E-state index in [1.54, 1.807) is 0 Å². The summed E-state index contributed by atoms with van der Waals surface area (Å²) in [4.78, 5) is 3.12. The van der Waals surface area contributed by atoms with Crippen LogP contribution < -0.4 is 0 Å². The predicted octanol–water partition coefficient (Wildman–Crippen LogP) is 3.34. The van der Waals surface area contributed by atoms with E-state index in [1.165, 1.54) is 30.2 Å². The molecule has 3 rings (SSSR count). The topological polar surface area (TPSA) is 15.8 Å². The Bertz CT molecular complexity index is 314. The summed E-state index contributed by atoms with van der Waals surface area (Å²) in [5, 5.41) is 1.28. The zero-order valence-corrected chi connectivity index (χ0v) is 7.09. The Morgan fingerprint density at radius 2 is 1.67 bits per heavy atom. The molecule has 1 aliphatic rings. The van der Waals surface area contributed by atoms with Crippen LogP contribution in [-0.4, -0.2) is 4.98 Å². The van der Waals surface area contributed by atoms with Crippen molar-refractivity contribution >= 4 is 10.9 Å². The number of rotatable bonds is 0. The van der Waals surface area contributed by atoms with Crippen LogP contribution in [0.15, 0.2) is 36.5 Å². The van der Waals surface area contributed by atoms with Crippen molar-refractivity contribution in [2.75, 3.05) is 0 Å². The minimum Gasteiger partial charge on any atom is -0.361 e. The third-order valence-electron chi connectivity index (χ3n) is 1.82. The molecular formula is C11H13N. The fraction of sp³-hybridized carbons (Fsp3) is 0.273. The summed E-state index contributed by atoms with van der Waals surface area (Å²) >= 11 is 0. The van der Waals surface area contributed by atoms with Gasteiger partial charge in [-0.15, -0.1) is 0 Å². The van der Waals surface area contributed by atoms with E-state index >= 15 is 0 Å². The van der Waals surface area contributed by atoms with E-state index in [9.17, 15) is 0 Å². The molecule has 1 heterocycles. The fourth-order valence-electron chi connectivity index (χ4n) is 0.995. The van der Waals surface area contributed by atoms with Crippen LogP contribution in [-0.2, 0) is 0 Å². The molecule has 0 amide bonds. The maximum Gasteiger partial charge on any atom is 0.0453 e. The molecule has 0 spiro atoms. The number of hydrogen-bond donors (Lipinski definition) is 1. The van der Waals surface area contributed by atoms with Gasteiger partial charge in [0.15, 0.2) is 0 Å². The van der Waals surface area contributed by atoms with Crippen LogP contribution in [0.1, 0.15) is 19.3 Å². The van der Waals surface area contributed by atoms with Gasteiger partial charge in [-0.05, 0) is 17.5 Å². The normalized spacial score (nSPS) is 13.7. The van der Waals surface area contributed by atoms with Crippen LogP contribution >= 0.6 is 0 Å². The van der Waals surface area contributed by atoms with Gasteiger partial charge in [0.05, 0.1) is 0 Å². The molecule has 2 aromatic rings. The highest BCUT2D eigenvalue weighted by Crippen LogP contribution is 2.14. The number of fused-ring (bicyclic) bond motifs is 1. The van der Waals surface area contributed by atoms with Crippen LogP contribution in [0.25, 0.3) is 10.9 Å². The number of hydrogen-bond acceptors (Lipinski definition) is 0. The molecular weight excluding hydrogens is 146 g/mol. The molecule has 1 aromatic heterocycles. The van der Waals surface area contributed by atoms with E-state index in [1.807, 2.05) is 18.3 Å². The molecule has 1 heteroatoms. The standard InChI is InChI=1S/C8H7N.C3H6/c1-2-4-8-7(3-1)5-6-9-8;1-2-3-1/h1-6,9H;1-3H2. The molecule has 1 saturated carbocycles. The highest BCUT2D eigenvalue weighted by atomic mass is 14.6. The van der Waals surface area contributed by atoms with E-state index in [4.69, 9.17) is 0 Å². The lowest BCUT2D eigenvalue weighted by Gasteiger charge is -1.83. The Kier molecular flexibility index (Phi) is 2.12. The highest BCUT2D eigenvalue weighted by Gasteiger charge is 1.95. The lowest BCUT2D eigenvalue weighted by molar-refractivity contribution is 1.48. The van der Waals surface area contributed by atoms with Crippen LogP contribution in [0.3, 0.4) is 0 Å². The van der Waals surface area contributed by atoms with Crippen molar-refractivity contribution < 1.29 is 0 Å². The summed E-state index contributed by atoms with van der Waals surface area (Å²) in [6.07, 6.45) is 6.45. The minimum absolute atomic E-state index is 1.21. The van der Waals surface area contributed by atoms with Crippen molar-refractivity contribution in [3.8, 4) is 0 Å². The Balaban J connectivity index is 0.000000159. The van der Waals surface area contributed by atoms with Gasteiger partial charge in [-0.2, -0.15) is 0 Å². The summed E-state index contributed by atoms with van der Waals surface area (Å²) in [5.74, 6) is 0. The van der Waals surface area contributed by atoms with E-state index in [-0.39, 0.29) is 0 Å². The first-order valence-corrected chi connectivity index (χ1v) is 4.49. The molecule has 0 atom stereocenters. The summed E-state index contributed by atoms with van der Waals surface area (Å²) in [5.41, 5.74) is 1.21. The van der Waals surface area contributed by atoms with Gasteiger partial charge >= 0.3 is 0 Å². The van der Waals surface area contributed by atoms with Gasteiger partial charge < -0.3 is 4.98 Å². The molecule has 0 unspecified atom stereocenters. The monoisotopic (exact) mass is 159 g/mol. The SMILES string of the molecule is C1CC1.c1ccc2[nH]ccc2c1. The zero-order valence-electron chi connectivity index (χ0n) is 7.09. The second kappa shape index (κ2) is 3.44. The summed E-state index contributed by atoms with van der Waals surface area (Å²) < 4.78 is 0. The van der Waals surface area contributed by atoms with E-state index in [0.29, 0.717) is 0 Å². The van der Waals surface area contributed by atoms with Crippen LogP contribution in [0, 0.1) is 0 Å². The fourth-order valence-corrected chi connectivity index (χ4v) is 0.995. The smallest absolute Gasteiger partial charge is 0.0453 e. The van der Waals surface area contributed by atoms with E-state index < -0.39 is 0 Å². The van der Waals surface area contributed by atoms with Gasteiger partial charge in [-0.25, -0.2) is 0 Å². The molecule has 12 heavy (non-hydrogen) atoms. The summed E-state index contributed by atoms with van der Waals surface area (Å²) in [7, 11) is 0. The van der Waals surface area contributed by atoms with Gasteiger partial charge in [0.1, 0.15) is 0 Å². The van der Waals surface area contributed by atoms with Gasteiger partial charge in [0.2, 0.25) is 0 Å². The van der Waals surface area contributed by atoms with Crippen LogP contribution in [0.2, 0.25) is 0 Å². The molecule has 0 aliphatic heterocycles. The van der Waals surface area contributed by atoms with Crippen molar-refractivity contribution in [2.24, 2.45) is 0 Å². The minimum atomic E-state index is 1.21. The summed E-state index contributed by atoms with van der Waals surface area (Å²) in [6.45, 7) is 0. The van der Waals surface area contributed by atoms with E-state index in [0.717, 1.165) is 0 Å². The molecule has 1 aliphatic carbocycles. The Hall–Kier alpha value is -1.24. The molecule has 1 nitrogen and oxygen atoms in total. The van der Waals surface area contributed by atoms with Crippen LogP contribution in [0.4, 0.5) is 0 Å². The zero-order chi connectivity index (χ0) is 8.23. The lowest BCUT2D eigenvalue weighted by atomic mass is 10.3. The van der Waals surface area contributed by atoms with Gasteiger partial charge in [0.25, 0.3) is 0 Å². The van der Waals surface area contributed by atoms with Crippen molar-refractivity contribution in [2.45, 2.75) is 19.3 Å². The number of para-hydroxylation sites is 1. The third-order valence-corrected chi connectivity index (χ3v) is 1.82. The number of aromatic nitrogens is 1. The first-order valence-electron chi connectivity index (χ1n) is 4.49. The van der Waals surface area contributed by atoms with Crippen LogP contribution in [0.5, 0.6) is 0 Å². The second-order valence-corrected chi connectivity index (χ2v) is 3.13. The van der Waals surface area contributed by atoms with E-state index in [2.05, 4.69) is 23.2 Å². The van der Waals surface area contributed by atoms with Gasteiger partial charge in [-0.1, -0.05) is 37.5 Å². The summed E-state index contributed by atoms with van der Waals surface area (Å²) in [6, 6.07) is 10.3. The Morgan fingerprint density at radius 1 is 0.917 bits per heavy atom. The maximum absolute atomic E-state index is 3.12. The number of benzene rings is 1. The number of aromatic amines is 1. The Labute approximate surface area is 72.4 Å². The molecule has 1 N–H and O–H groups in total.